The van der Waals surface area contributed by atoms with E-state index >= 15 is 0 Å². The molecular weight excluding hydrogens is 292 g/mol. The van der Waals surface area contributed by atoms with E-state index in [2.05, 4.69) is 10.4 Å². The normalized spacial score (nSPS) is 9.90. The van der Waals surface area contributed by atoms with Crippen molar-refractivity contribution in [3.05, 3.63) is 35.2 Å². The Bertz CT molecular complexity index is 667. The number of aryl methyl sites for hydroxylation is 2. The van der Waals surface area contributed by atoms with E-state index < -0.39 is 0 Å². The third kappa shape index (κ3) is 3.28. The Kier molecular flexibility index (Phi) is 5.21. The highest BCUT2D eigenvalue weighted by Crippen LogP contribution is 2.25. The smallest absolute Gasteiger partial charge is 0.259 e. The summed E-state index contributed by atoms with van der Waals surface area (Å²) >= 11 is 0. The quantitative estimate of drug-likeness (QED) is 0.852. The molecule has 0 unspecified atom stereocenters. The van der Waals surface area contributed by atoms with Gasteiger partial charge in [-0.15, -0.1) is 12.4 Å². The number of anilines is 2. The Labute approximate surface area is 129 Å². The number of nitrogens with one attached hydrogen (secondary N) is 1. The molecule has 0 atom stereocenters. The number of nitrogens with zero attached hydrogens (tertiary/aromatic N) is 2. The monoisotopic (exact) mass is 310 g/mol. The van der Waals surface area contributed by atoms with E-state index in [-0.39, 0.29) is 18.3 Å². The average Bonchev–Trinajstić information content (AvgIpc) is 2.66. The summed E-state index contributed by atoms with van der Waals surface area (Å²) < 4.78 is 6.81. The van der Waals surface area contributed by atoms with Crippen LogP contribution >= 0.6 is 12.4 Å². The van der Waals surface area contributed by atoms with E-state index in [0.29, 0.717) is 28.4 Å². The van der Waals surface area contributed by atoms with Gasteiger partial charge in [-0.2, -0.15) is 5.10 Å². The Hall–Kier alpha value is -2.21. The molecule has 0 aliphatic carbocycles. The molecule has 0 bridgehead atoms. The maximum atomic E-state index is 12.4. The van der Waals surface area contributed by atoms with Crippen molar-refractivity contribution in [3.8, 4) is 5.75 Å². The molecule has 0 radical (unpaired) electrons. The van der Waals surface area contributed by atoms with Crippen LogP contribution in [0.3, 0.4) is 0 Å². The number of hydrogen-bond donors (Lipinski definition) is 2. The molecule has 0 spiro atoms. The largest absolute Gasteiger partial charge is 0.497 e. The van der Waals surface area contributed by atoms with Gasteiger partial charge in [0.25, 0.3) is 5.91 Å². The third-order valence-electron chi connectivity index (χ3n) is 3.24. The third-order valence-corrected chi connectivity index (χ3v) is 3.24. The number of hydrogen-bond acceptors (Lipinski definition) is 4. The Morgan fingerprint density at radius 3 is 2.57 bits per heavy atom. The fraction of sp³-hybridized carbons (Fsp3) is 0.286. The molecule has 0 aliphatic heterocycles. The lowest BCUT2D eigenvalue weighted by molar-refractivity contribution is 0.102. The topological polar surface area (TPSA) is 82.2 Å². The molecule has 114 valence electrons. The highest BCUT2D eigenvalue weighted by molar-refractivity contribution is 6.07. The lowest BCUT2D eigenvalue weighted by Gasteiger charge is -2.10. The van der Waals surface area contributed by atoms with Gasteiger partial charge in [0.15, 0.2) is 0 Å². The minimum Gasteiger partial charge on any atom is -0.497 e. The maximum absolute atomic E-state index is 12.4. The first kappa shape index (κ1) is 16.8. The van der Waals surface area contributed by atoms with Crippen LogP contribution in [0.15, 0.2) is 18.2 Å². The molecule has 2 aromatic rings. The van der Waals surface area contributed by atoms with E-state index in [1.807, 2.05) is 6.92 Å². The summed E-state index contributed by atoms with van der Waals surface area (Å²) in [6.45, 7) is 3.65. The van der Waals surface area contributed by atoms with E-state index in [1.54, 1.807) is 44.0 Å². The van der Waals surface area contributed by atoms with Crippen LogP contribution < -0.4 is 15.8 Å². The lowest BCUT2D eigenvalue weighted by atomic mass is 10.1. The summed E-state index contributed by atoms with van der Waals surface area (Å²) in [5.41, 5.74) is 8.93. The Morgan fingerprint density at radius 2 is 2.05 bits per heavy atom. The summed E-state index contributed by atoms with van der Waals surface area (Å²) in [7, 11) is 3.37. The van der Waals surface area contributed by atoms with Gasteiger partial charge in [0.2, 0.25) is 0 Å². The molecule has 0 saturated heterocycles. The van der Waals surface area contributed by atoms with Gasteiger partial charge in [0, 0.05) is 18.8 Å². The molecule has 0 saturated carbocycles. The van der Waals surface area contributed by atoms with Gasteiger partial charge in [0.1, 0.15) is 5.75 Å². The molecule has 3 N–H and O–H groups in total. The number of benzene rings is 1. The van der Waals surface area contributed by atoms with Crippen molar-refractivity contribution in [1.29, 1.82) is 0 Å². The molecule has 2 rings (SSSR count). The zero-order chi connectivity index (χ0) is 14.9. The van der Waals surface area contributed by atoms with Crippen LogP contribution in [-0.4, -0.2) is 22.8 Å². The van der Waals surface area contributed by atoms with E-state index in [9.17, 15) is 4.79 Å². The van der Waals surface area contributed by atoms with Crippen LogP contribution in [0.25, 0.3) is 0 Å². The van der Waals surface area contributed by atoms with E-state index in [1.165, 1.54) is 0 Å². The number of carbonyl (C=O) groups excluding carboxylic acids is 1. The van der Waals surface area contributed by atoms with Crippen molar-refractivity contribution in [3.63, 3.8) is 0 Å². The van der Waals surface area contributed by atoms with E-state index in [0.717, 1.165) is 5.69 Å². The average molecular weight is 311 g/mol. The molecule has 6 nitrogen and oxygen atoms in total. The number of nitrogens with two attached hydrogens (primary N) is 1. The number of carbonyl (C=O) groups is 1. The van der Waals surface area contributed by atoms with E-state index in [4.69, 9.17) is 10.5 Å². The number of nitrogen functional groups attached to an aromatic ring is 1. The summed E-state index contributed by atoms with van der Waals surface area (Å²) in [6, 6.07) is 5.12. The molecule has 0 aliphatic rings. The fourth-order valence-electron chi connectivity index (χ4n) is 2.06. The number of halogens is 1. The van der Waals surface area contributed by atoms with Gasteiger partial charge < -0.3 is 15.8 Å². The molecule has 7 heteroatoms. The number of aromatic nitrogens is 2. The minimum absolute atomic E-state index is 0. The van der Waals surface area contributed by atoms with Crippen molar-refractivity contribution in [2.24, 2.45) is 7.05 Å². The Morgan fingerprint density at radius 1 is 1.38 bits per heavy atom. The zero-order valence-corrected chi connectivity index (χ0v) is 13.2. The minimum atomic E-state index is -0.229. The van der Waals surface area contributed by atoms with Crippen LogP contribution in [0.5, 0.6) is 5.75 Å². The number of rotatable bonds is 3. The first-order valence-electron chi connectivity index (χ1n) is 6.19. The van der Waals surface area contributed by atoms with Gasteiger partial charge in [-0.1, -0.05) is 0 Å². The van der Waals surface area contributed by atoms with Crippen molar-refractivity contribution in [2.75, 3.05) is 18.2 Å². The fourth-order valence-corrected chi connectivity index (χ4v) is 2.06. The summed E-state index contributed by atoms with van der Waals surface area (Å²) in [4.78, 5) is 12.4. The molecular formula is C14H19ClN4O2. The van der Waals surface area contributed by atoms with Crippen LogP contribution in [0.4, 0.5) is 11.4 Å². The maximum Gasteiger partial charge on any atom is 0.259 e. The number of ether oxygens (including phenoxy) is 1. The predicted molar refractivity (Wildman–Crippen MR) is 85.3 cm³/mol. The second-order valence-corrected chi connectivity index (χ2v) is 4.58. The first-order valence-corrected chi connectivity index (χ1v) is 6.19. The van der Waals surface area contributed by atoms with Crippen LogP contribution in [0, 0.1) is 13.8 Å². The molecule has 1 aromatic carbocycles. The number of methoxy groups -OCH3 is 1. The summed E-state index contributed by atoms with van der Waals surface area (Å²) in [5.74, 6) is 0.405. The lowest BCUT2D eigenvalue weighted by Crippen LogP contribution is -2.15. The second-order valence-electron chi connectivity index (χ2n) is 4.58. The highest BCUT2D eigenvalue weighted by atomic mass is 35.5. The SMILES string of the molecule is COc1ccc(N)c(NC(=O)c2c(C)nn(C)c2C)c1.Cl. The highest BCUT2D eigenvalue weighted by Gasteiger charge is 2.18. The zero-order valence-electron chi connectivity index (χ0n) is 12.4. The first-order chi connectivity index (χ1) is 9.43. The van der Waals surface area contributed by atoms with Crippen molar-refractivity contribution in [1.82, 2.24) is 9.78 Å². The molecule has 1 heterocycles. The van der Waals surface area contributed by atoms with Crippen LogP contribution in [0.1, 0.15) is 21.7 Å². The standard InChI is InChI=1S/C14H18N4O2.ClH/c1-8-13(9(2)18(3)17-8)14(19)16-12-7-10(20-4)5-6-11(12)15;/h5-7H,15H2,1-4H3,(H,16,19);1H. The molecule has 1 aromatic heterocycles. The van der Waals surface area contributed by atoms with Gasteiger partial charge in [-0.25, -0.2) is 0 Å². The van der Waals surface area contributed by atoms with Crippen molar-refractivity contribution >= 4 is 29.7 Å². The number of amides is 1. The molecule has 1 amide bonds. The van der Waals surface area contributed by atoms with Gasteiger partial charge in [-0.3, -0.25) is 9.48 Å². The van der Waals surface area contributed by atoms with Crippen molar-refractivity contribution in [2.45, 2.75) is 13.8 Å². The molecule has 21 heavy (non-hydrogen) atoms. The molecule has 0 fully saturated rings. The summed E-state index contributed by atoms with van der Waals surface area (Å²) in [6.07, 6.45) is 0. The van der Waals surface area contributed by atoms with Crippen LogP contribution in [-0.2, 0) is 7.05 Å². The summed E-state index contributed by atoms with van der Waals surface area (Å²) in [5, 5.41) is 7.03. The predicted octanol–water partition coefficient (Wildman–Crippen LogP) is 2.30. The Balaban J connectivity index is 0.00000220. The van der Waals surface area contributed by atoms with Gasteiger partial charge in [0.05, 0.1) is 29.7 Å². The van der Waals surface area contributed by atoms with Crippen molar-refractivity contribution < 1.29 is 9.53 Å². The van der Waals surface area contributed by atoms with Gasteiger partial charge in [-0.05, 0) is 26.0 Å². The van der Waals surface area contributed by atoms with Crippen LogP contribution in [0.2, 0.25) is 0 Å². The van der Waals surface area contributed by atoms with Gasteiger partial charge >= 0.3 is 0 Å². The second kappa shape index (κ2) is 6.49.